The topological polar surface area (TPSA) is 56.8 Å². The molecule has 122 valence electrons. The highest BCUT2D eigenvalue weighted by Gasteiger charge is 2.10. The summed E-state index contributed by atoms with van der Waals surface area (Å²) in [5.74, 6) is 2.06. The quantitative estimate of drug-likeness (QED) is 0.760. The maximum Gasteiger partial charge on any atom is 0.224 e. The number of rotatable bonds is 8. The third kappa shape index (κ3) is 5.21. The predicted molar refractivity (Wildman–Crippen MR) is 88.2 cm³/mol. The van der Waals surface area contributed by atoms with Gasteiger partial charge in [-0.05, 0) is 30.3 Å². The van der Waals surface area contributed by atoms with Gasteiger partial charge in [0.2, 0.25) is 5.91 Å². The summed E-state index contributed by atoms with van der Waals surface area (Å²) in [6.45, 7) is 0.866. The van der Waals surface area contributed by atoms with Crippen molar-refractivity contribution in [3.8, 4) is 17.2 Å². The Kier molecular flexibility index (Phi) is 6.29. The molecule has 1 N–H and O–H groups in total. The highest BCUT2D eigenvalue weighted by atomic mass is 16.5. The summed E-state index contributed by atoms with van der Waals surface area (Å²) in [4.78, 5) is 12.0. The largest absolute Gasteiger partial charge is 0.497 e. The zero-order valence-corrected chi connectivity index (χ0v) is 13.4. The van der Waals surface area contributed by atoms with Crippen LogP contribution in [0, 0.1) is 0 Å². The van der Waals surface area contributed by atoms with Crippen molar-refractivity contribution in [3.63, 3.8) is 0 Å². The summed E-state index contributed by atoms with van der Waals surface area (Å²) in [6, 6.07) is 14.9. The van der Waals surface area contributed by atoms with E-state index < -0.39 is 0 Å². The Morgan fingerprint density at radius 3 is 2.48 bits per heavy atom. The Bertz CT molecular complexity index is 628. The molecule has 0 radical (unpaired) electrons. The molecule has 23 heavy (non-hydrogen) atoms. The first-order chi connectivity index (χ1) is 11.2. The lowest BCUT2D eigenvalue weighted by Gasteiger charge is -2.11. The van der Waals surface area contributed by atoms with Crippen LogP contribution in [0.1, 0.15) is 5.56 Å². The molecule has 0 aliphatic rings. The van der Waals surface area contributed by atoms with Gasteiger partial charge < -0.3 is 19.5 Å². The number of carbonyl (C=O) groups is 1. The third-order valence-electron chi connectivity index (χ3n) is 3.27. The van der Waals surface area contributed by atoms with E-state index in [0.29, 0.717) is 24.7 Å². The molecule has 0 saturated heterocycles. The van der Waals surface area contributed by atoms with Gasteiger partial charge in [-0.2, -0.15) is 0 Å². The first-order valence-electron chi connectivity index (χ1n) is 7.38. The number of hydrogen-bond donors (Lipinski definition) is 1. The minimum atomic E-state index is -0.0896. The Hall–Kier alpha value is -2.69. The van der Waals surface area contributed by atoms with E-state index in [1.807, 2.05) is 30.3 Å². The molecule has 0 unspecified atom stereocenters. The van der Waals surface area contributed by atoms with Gasteiger partial charge in [0.15, 0.2) is 0 Å². The van der Waals surface area contributed by atoms with Crippen LogP contribution in [-0.4, -0.2) is 33.3 Å². The van der Waals surface area contributed by atoms with Crippen molar-refractivity contribution in [1.82, 2.24) is 5.32 Å². The summed E-state index contributed by atoms with van der Waals surface area (Å²) in [5, 5.41) is 2.83. The van der Waals surface area contributed by atoms with E-state index in [4.69, 9.17) is 14.2 Å². The van der Waals surface area contributed by atoms with E-state index >= 15 is 0 Å². The number of benzene rings is 2. The molecule has 2 rings (SSSR count). The van der Waals surface area contributed by atoms with E-state index in [0.717, 1.165) is 11.3 Å². The molecule has 0 bridgehead atoms. The average molecular weight is 315 g/mol. The average Bonchev–Trinajstić information content (AvgIpc) is 2.59. The van der Waals surface area contributed by atoms with Crippen LogP contribution in [-0.2, 0) is 11.2 Å². The molecule has 2 aromatic rings. The molecule has 0 saturated carbocycles. The standard InChI is InChI=1S/C18H21NO4/c1-21-16-8-9-17(22-2)14(12-16)13-18(20)19-10-11-23-15-6-4-3-5-7-15/h3-9,12H,10-11,13H2,1-2H3,(H,19,20). The summed E-state index contributed by atoms with van der Waals surface area (Å²) in [5.41, 5.74) is 0.785. The lowest BCUT2D eigenvalue weighted by Crippen LogP contribution is -2.29. The normalized spacial score (nSPS) is 10.0. The predicted octanol–water partition coefficient (Wildman–Crippen LogP) is 2.44. The fraction of sp³-hybridized carbons (Fsp3) is 0.278. The Morgan fingerprint density at radius 1 is 1.00 bits per heavy atom. The maximum atomic E-state index is 12.0. The Labute approximate surface area is 136 Å². The van der Waals surface area contributed by atoms with Crippen molar-refractivity contribution in [1.29, 1.82) is 0 Å². The lowest BCUT2D eigenvalue weighted by atomic mass is 10.1. The van der Waals surface area contributed by atoms with Gasteiger partial charge in [-0.3, -0.25) is 4.79 Å². The van der Waals surface area contributed by atoms with Gasteiger partial charge in [-0.25, -0.2) is 0 Å². The molecule has 5 nitrogen and oxygen atoms in total. The molecule has 0 spiro atoms. The van der Waals surface area contributed by atoms with E-state index in [9.17, 15) is 4.79 Å². The summed E-state index contributed by atoms with van der Waals surface area (Å²) >= 11 is 0. The van der Waals surface area contributed by atoms with Crippen LogP contribution >= 0.6 is 0 Å². The Balaban J connectivity index is 1.80. The first-order valence-corrected chi connectivity index (χ1v) is 7.38. The number of para-hydroxylation sites is 1. The molecular formula is C18H21NO4. The number of ether oxygens (including phenoxy) is 3. The molecular weight excluding hydrogens is 294 g/mol. The molecule has 0 atom stereocenters. The summed E-state index contributed by atoms with van der Waals surface area (Å²) in [7, 11) is 3.17. The molecule has 0 aliphatic heterocycles. The van der Waals surface area contributed by atoms with Gasteiger partial charge in [0.05, 0.1) is 27.2 Å². The smallest absolute Gasteiger partial charge is 0.224 e. The van der Waals surface area contributed by atoms with Crippen LogP contribution in [0.15, 0.2) is 48.5 Å². The van der Waals surface area contributed by atoms with E-state index in [1.165, 1.54) is 0 Å². The zero-order valence-electron chi connectivity index (χ0n) is 13.4. The SMILES string of the molecule is COc1ccc(OC)c(CC(=O)NCCOc2ccccc2)c1. The Morgan fingerprint density at radius 2 is 1.78 bits per heavy atom. The molecule has 0 aromatic heterocycles. The number of carbonyl (C=O) groups excluding carboxylic acids is 1. The van der Waals surface area contributed by atoms with Gasteiger partial charge in [-0.15, -0.1) is 0 Å². The molecule has 2 aromatic carbocycles. The van der Waals surface area contributed by atoms with Gasteiger partial charge in [-0.1, -0.05) is 18.2 Å². The molecule has 0 fully saturated rings. The lowest BCUT2D eigenvalue weighted by molar-refractivity contribution is -0.120. The van der Waals surface area contributed by atoms with E-state index in [1.54, 1.807) is 32.4 Å². The van der Waals surface area contributed by atoms with Crippen molar-refractivity contribution in [2.75, 3.05) is 27.4 Å². The van der Waals surface area contributed by atoms with Crippen LogP contribution in [0.3, 0.4) is 0 Å². The third-order valence-corrected chi connectivity index (χ3v) is 3.27. The van der Waals surface area contributed by atoms with Gasteiger partial charge in [0.25, 0.3) is 0 Å². The van der Waals surface area contributed by atoms with Gasteiger partial charge in [0, 0.05) is 5.56 Å². The summed E-state index contributed by atoms with van der Waals surface area (Å²) in [6.07, 6.45) is 0.228. The fourth-order valence-electron chi connectivity index (χ4n) is 2.13. The first kappa shape index (κ1) is 16.7. The maximum absolute atomic E-state index is 12.0. The van der Waals surface area contributed by atoms with Crippen LogP contribution in [0.2, 0.25) is 0 Å². The van der Waals surface area contributed by atoms with Crippen LogP contribution < -0.4 is 19.5 Å². The second kappa shape index (κ2) is 8.68. The second-order valence-electron chi connectivity index (χ2n) is 4.87. The second-order valence-corrected chi connectivity index (χ2v) is 4.87. The molecule has 0 aliphatic carbocycles. The zero-order chi connectivity index (χ0) is 16.5. The van der Waals surface area contributed by atoms with Crippen molar-refractivity contribution < 1.29 is 19.0 Å². The van der Waals surface area contributed by atoms with E-state index in [-0.39, 0.29) is 12.3 Å². The highest BCUT2D eigenvalue weighted by molar-refractivity contribution is 5.79. The molecule has 0 heterocycles. The van der Waals surface area contributed by atoms with Crippen molar-refractivity contribution >= 4 is 5.91 Å². The van der Waals surface area contributed by atoms with Crippen LogP contribution in [0.25, 0.3) is 0 Å². The number of hydrogen-bond acceptors (Lipinski definition) is 4. The fourth-order valence-corrected chi connectivity index (χ4v) is 2.13. The van der Waals surface area contributed by atoms with Crippen molar-refractivity contribution in [2.24, 2.45) is 0 Å². The minimum Gasteiger partial charge on any atom is -0.497 e. The monoisotopic (exact) mass is 315 g/mol. The number of nitrogens with one attached hydrogen (secondary N) is 1. The molecule has 5 heteroatoms. The van der Waals surface area contributed by atoms with Gasteiger partial charge >= 0.3 is 0 Å². The highest BCUT2D eigenvalue weighted by Crippen LogP contribution is 2.24. The van der Waals surface area contributed by atoms with Crippen LogP contribution in [0.4, 0.5) is 0 Å². The minimum absolute atomic E-state index is 0.0896. The number of amides is 1. The number of methoxy groups -OCH3 is 2. The van der Waals surface area contributed by atoms with Crippen LogP contribution in [0.5, 0.6) is 17.2 Å². The molecule has 1 amide bonds. The summed E-state index contributed by atoms with van der Waals surface area (Å²) < 4.78 is 16.0. The van der Waals surface area contributed by atoms with Crippen molar-refractivity contribution in [3.05, 3.63) is 54.1 Å². The van der Waals surface area contributed by atoms with Gasteiger partial charge in [0.1, 0.15) is 23.9 Å². The van der Waals surface area contributed by atoms with E-state index in [2.05, 4.69) is 5.32 Å². The van der Waals surface area contributed by atoms with Crippen molar-refractivity contribution in [2.45, 2.75) is 6.42 Å².